The van der Waals surface area contributed by atoms with Crippen LogP contribution in [0, 0.1) is 23.7 Å². The van der Waals surface area contributed by atoms with E-state index in [4.69, 9.17) is 13.9 Å². The smallest absolute Gasteiger partial charge is 0.238 e. The Bertz CT molecular complexity index is 2740. The number of hydrogen-bond donors (Lipinski definition) is 1. The van der Waals surface area contributed by atoms with E-state index in [1.165, 1.54) is 31.3 Å². The Morgan fingerprint density at radius 2 is 1.49 bits per heavy atom. The van der Waals surface area contributed by atoms with Crippen LogP contribution in [0.25, 0.3) is 28.1 Å². The standard InChI is InChI=1S/C49H38N2O8/c1-57-31-23-38(52)43(40(24-31)58-2)44-32-21-22-33-42(48(56)51(47(33)55)30-19-17-28(18-20-30)46-50-37-15-9-10-16-39(37)59-46)35(32)25-36-45(54)34(27-11-5-3-6-12-27)26-41(53)49(36,44)29-13-7-4-8-14-29/h3-21,23-24,26,33,35-36,42,44,52H,22,25H2,1-2H3. The Morgan fingerprint density at radius 3 is 2.20 bits per heavy atom. The molecule has 2 heterocycles. The number of nitrogens with zero attached hydrogens (tertiary/aromatic N) is 2. The molecule has 5 aromatic carbocycles. The summed E-state index contributed by atoms with van der Waals surface area (Å²) < 4.78 is 17.4. The van der Waals surface area contributed by atoms with Crippen molar-refractivity contribution in [3.05, 3.63) is 156 Å². The molecule has 2 amide bonds. The van der Waals surface area contributed by atoms with Gasteiger partial charge in [-0.05, 0) is 72.4 Å². The van der Waals surface area contributed by atoms with Gasteiger partial charge in [-0.15, -0.1) is 0 Å². The van der Waals surface area contributed by atoms with Crippen molar-refractivity contribution in [3.63, 3.8) is 0 Å². The predicted molar refractivity (Wildman–Crippen MR) is 220 cm³/mol. The molecule has 6 unspecified atom stereocenters. The number of carbonyl (C=O) groups excluding carboxylic acids is 4. The normalized spacial score (nSPS) is 24.9. The summed E-state index contributed by atoms with van der Waals surface area (Å²) in [5, 5.41) is 12.0. The fraction of sp³-hybridized carbons (Fsp3) is 0.204. The van der Waals surface area contributed by atoms with Crippen LogP contribution in [-0.4, -0.2) is 47.7 Å². The molecule has 10 rings (SSSR count). The molecule has 59 heavy (non-hydrogen) atoms. The summed E-state index contributed by atoms with van der Waals surface area (Å²) in [7, 11) is 2.96. The number of hydrogen-bond acceptors (Lipinski definition) is 9. The van der Waals surface area contributed by atoms with E-state index in [2.05, 4.69) is 4.98 Å². The Labute approximate surface area is 339 Å². The average Bonchev–Trinajstić information content (AvgIpc) is 3.82. The highest BCUT2D eigenvalue weighted by atomic mass is 16.5. The van der Waals surface area contributed by atoms with Crippen LogP contribution >= 0.6 is 0 Å². The van der Waals surface area contributed by atoms with E-state index in [1.807, 2.05) is 78.9 Å². The van der Waals surface area contributed by atoms with Crippen molar-refractivity contribution < 1.29 is 38.2 Å². The van der Waals surface area contributed by atoms with Gasteiger partial charge in [0.1, 0.15) is 22.8 Å². The summed E-state index contributed by atoms with van der Waals surface area (Å²) in [6.07, 6.45) is 3.75. The maximum absolute atomic E-state index is 15.4. The second-order valence-corrected chi connectivity index (χ2v) is 15.6. The van der Waals surface area contributed by atoms with Crippen molar-refractivity contribution in [1.82, 2.24) is 4.98 Å². The molecule has 1 aliphatic heterocycles. The van der Waals surface area contributed by atoms with Gasteiger partial charge in [-0.3, -0.25) is 24.1 Å². The third-order valence-corrected chi connectivity index (χ3v) is 12.9. The van der Waals surface area contributed by atoms with Crippen LogP contribution in [-0.2, 0) is 24.6 Å². The number of ketones is 2. The number of benzene rings is 5. The fourth-order valence-electron chi connectivity index (χ4n) is 10.4. The zero-order chi connectivity index (χ0) is 40.6. The highest BCUT2D eigenvalue weighted by Crippen LogP contribution is 2.65. The third kappa shape index (κ3) is 5.35. The van der Waals surface area contributed by atoms with Crippen LogP contribution in [0.15, 0.2) is 143 Å². The molecule has 4 aliphatic rings. The summed E-state index contributed by atoms with van der Waals surface area (Å²) in [4.78, 5) is 65.9. The summed E-state index contributed by atoms with van der Waals surface area (Å²) in [5.74, 6) is -4.56. The van der Waals surface area contributed by atoms with Gasteiger partial charge < -0.3 is 19.0 Å². The van der Waals surface area contributed by atoms with Crippen LogP contribution in [0.1, 0.15) is 35.4 Å². The lowest BCUT2D eigenvalue weighted by molar-refractivity contribution is -0.135. The number of imide groups is 1. The Balaban J connectivity index is 1.13. The Hall–Kier alpha value is -7.07. The van der Waals surface area contributed by atoms with E-state index in [0.29, 0.717) is 50.7 Å². The molecule has 10 nitrogen and oxygen atoms in total. The van der Waals surface area contributed by atoms with E-state index in [1.54, 1.807) is 42.5 Å². The van der Waals surface area contributed by atoms with Crippen molar-refractivity contribution in [3.8, 4) is 28.7 Å². The maximum atomic E-state index is 15.4. The summed E-state index contributed by atoms with van der Waals surface area (Å²) >= 11 is 0. The number of carbonyl (C=O) groups is 4. The largest absolute Gasteiger partial charge is 0.507 e. The number of phenols is 1. The first-order chi connectivity index (χ1) is 28.7. The zero-order valence-corrected chi connectivity index (χ0v) is 32.2. The number of ether oxygens (including phenoxy) is 2. The highest BCUT2D eigenvalue weighted by Gasteiger charge is 2.66. The molecular formula is C49H38N2O8. The van der Waals surface area contributed by atoms with Gasteiger partial charge in [0.05, 0.1) is 37.2 Å². The molecule has 3 aliphatic carbocycles. The molecular weight excluding hydrogens is 745 g/mol. The van der Waals surface area contributed by atoms with E-state index in [9.17, 15) is 14.7 Å². The van der Waals surface area contributed by atoms with Gasteiger partial charge >= 0.3 is 0 Å². The van der Waals surface area contributed by atoms with Crippen LogP contribution in [0.2, 0.25) is 0 Å². The summed E-state index contributed by atoms with van der Waals surface area (Å²) in [5.41, 5.74) is 3.43. The van der Waals surface area contributed by atoms with Crippen molar-refractivity contribution >= 4 is 45.7 Å². The van der Waals surface area contributed by atoms with Gasteiger partial charge in [-0.2, -0.15) is 0 Å². The molecule has 1 saturated carbocycles. The molecule has 6 atom stereocenters. The van der Waals surface area contributed by atoms with E-state index < -0.39 is 35.0 Å². The number of para-hydroxylation sites is 2. The second-order valence-electron chi connectivity index (χ2n) is 15.6. The number of fused-ring (bicyclic) bond motifs is 5. The average molecular weight is 783 g/mol. The van der Waals surface area contributed by atoms with Gasteiger partial charge in [0, 0.05) is 40.7 Å². The van der Waals surface area contributed by atoms with Crippen LogP contribution in [0.4, 0.5) is 5.69 Å². The number of oxazole rings is 1. The highest BCUT2D eigenvalue weighted by molar-refractivity contribution is 6.32. The maximum Gasteiger partial charge on any atom is 0.238 e. The molecule has 1 aromatic heterocycles. The molecule has 1 saturated heterocycles. The number of aromatic hydroxyl groups is 1. The number of Topliss-reactive ketones (excluding diaryl/α,β-unsaturated/α-hetero) is 1. The minimum atomic E-state index is -1.54. The number of aromatic nitrogens is 1. The van der Waals surface area contributed by atoms with Crippen LogP contribution < -0.4 is 14.4 Å². The predicted octanol–water partition coefficient (Wildman–Crippen LogP) is 8.25. The van der Waals surface area contributed by atoms with E-state index >= 15 is 9.59 Å². The SMILES string of the molecule is COc1cc(O)c(C2C3=CCC4C(=O)N(c5ccc(-c6nc7ccccc7o6)cc5)C(=O)C4C3CC3C(=O)C(c4ccccc4)=CC(=O)C32c2ccccc2)c(OC)c1. The fourth-order valence-corrected chi connectivity index (χ4v) is 10.4. The number of phenolic OH excluding ortho intramolecular Hbond substituents is 1. The number of methoxy groups -OCH3 is 2. The Kier molecular flexibility index (Phi) is 8.48. The molecule has 0 spiro atoms. The first-order valence-corrected chi connectivity index (χ1v) is 19.6. The molecule has 1 N–H and O–H groups in total. The number of rotatable bonds is 7. The summed E-state index contributed by atoms with van der Waals surface area (Å²) in [6.45, 7) is 0. The molecule has 0 bridgehead atoms. The monoisotopic (exact) mass is 782 g/mol. The van der Waals surface area contributed by atoms with Crippen LogP contribution in [0.5, 0.6) is 17.2 Å². The van der Waals surface area contributed by atoms with Gasteiger partial charge in [-0.25, -0.2) is 4.98 Å². The quantitative estimate of drug-likeness (QED) is 0.125. The third-order valence-electron chi connectivity index (χ3n) is 12.9. The number of anilines is 1. The minimum absolute atomic E-state index is 0.121. The van der Waals surface area contributed by atoms with Gasteiger partial charge in [-0.1, -0.05) is 84.4 Å². The molecule has 6 aromatic rings. The molecule has 0 radical (unpaired) electrons. The first kappa shape index (κ1) is 36.3. The van der Waals surface area contributed by atoms with Gasteiger partial charge in [0.25, 0.3) is 0 Å². The number of allylic oxidation sites excluding steroid dienone is 4. The van der Waals surface area contributed by atoms with E-state index in [-0.39, 0.29) is 53.3 Å². The second kappa shape index (κ2) is 13.8. The van der Waals surface area contributed by atoms with Gasteiger partial charge in [0.15, 0.2) is 17.1 Å². The lowest BCUT2D eigenvalue weighted by atomic mass is 9.44. The molecule has 2 fully saturated rings. The van der Waals surface area contributed by atoms with Crippen molar-refractivity contribution in [2.45, 2.75) is 24.2 Å². The first-order valence-electron chi connectivity index (χ1n) is 19.6. The summed E-state index contributed by atoms with van der Waals surface area (Å²) in [6, 6.07) is 35.9. The lowest BCUT2D eigenvalue weighted by Gasteiger charge is -2.55. The lowest BCUT2D eigenvalue weighted by Crippen LogP contribution is -2.58. The van der Waals surface area contributed by atoms with Crippen molar-refractivity contribution in [1.29, 1.82) is 0 Å². The van der Waals surface area contributed by atoms with Crippen LogP contribution in [0.3, 0.4) is 0 Å². The van der Waals surface area contributed by atoms with Gasteiger partial charge in [0.2, 0.25) is 17.7 Å². The number of amides is 2. The topological polar surface area (TPSA) is 136 Å². The Morgan fingerprint density at radius 1 is 0.780 bits per heavy atom. The molecule has 292 valence electrons. The molecule has 10 heteroatoms. The van der Waals surface area contributed by atoms with E-state index in [0.717, 1.165) is 5.52 Å². The van der Waals surface area contributed by atoms with Crippen molar-refractivity contribution in [2.24, 2.45) is 23.7 Å². The minimum Gasteiger partial charge on any atom is -0.507 e. The zero-order valence-electron chi connectivity index (χ0n) is 32.2. The van der Waals surface area contributed by atoms with Crippen molar-refractivity contribution in [2.75, 3.05) is 19.1 Å².